The Morgan fingerprint density at radius 2 is 2.00 bits per heavy atom. The topological polar surface area (TPSA) is 49.3 Å². The fourth-order valence-electron chi connectivity index (χ4n) is 1.91. The lowest BCUT2D eigenvalue weighted by Gasteiger charge is -2.11. The Labute approximate surface area is 73.2 Å². The summed E-state index contributed by atoms with van der Waals surface area (Å²) in [5.74, 6) is 1.78. The Balaban J connectivity index is 0.000000336. The molecule has 2 aliphatic rings. The van der Waals surface area contributed by atoms with Crippen molar-refractivity contribution in [3.8, 4) is 0 Å². The van der Waals surface area contributed by atoms with E-state index in [0.29, 0.717) is 12.0 Å². The van der Waals surface area contributed by atoms with Gasteiger partial charge in [0, 0.05) is 19.6 Å². The van der Waals surface area contributed by atoms with Crippen LogP contribution in [0.15, 0.2) is 0 Å². The van der Waals surface area contributed by atoms with E-state index in [1.54, 1.807) is 0 Å². The summed E-state index contributed by atoms with van der Waals surface area (Å²) in [4.78, 5) is 10.9. The molecule has 70 valence electrons. The molecule has 0 bridgehead atoms. The first-order chi connectivity index (χ1) is 5.77. The van der Waals surface area contributed by atoms with Crippen LogP contribution in [0.2, 0.25) is 0 Å². The Morgan fingerprint density at radius 3 is 2.33 bits per heavy atom. The molecule has 12 heavy (non-hydrogen) atoms. The molecular weight excluding hydrogens is 154 g/mol. The molecule has 1 heterocycles. The molecule has 1 aliphatic heterocycles. The monoisotopic (exact) mass is 171 g/mol. The highest BCUT2D eigenvalue weighted by molar-refractivity contribution is 5.79. The fourth-order valence-corrected chi connectivity index (χ4v) is 1.91. The minimum Gasteiger partial charge on any atom is -0.400 e. The summed E-state index contributed by atoms with van der Waals surface area (Å²) < 4.78 is 0. The number of nitrogens with one attached hydrogen (secondary N) is 1. The molecule has 0 aromatic heterocycles. The van der Waals surface area contributed by atoms with Crippen LogP contribution in [0.25, 0.3) is 0 Å². The van der Waals surface area contributed by atoms with Gasteiger partial charge in [0.1, 0.15) is 0 Å². The summed E-state index contributed by atoms with van der Waals surface area (Å²) >= 11 is 0. The predicted molar refractivity (Wildman–Crippen MR) is 46.6 cm³/mol. The van der Waals surface area contributed by atoms with Gasteiger partial charge in [-0.2, -0.15) is 0 Å². The van der Waals surface area contributed by atoms with Crippen molar-refractivity contribution in [1.82, 2.24) is 5.32 Å². The number of rotatable bonds is 1. The van der Waals surface area contributed by atoms with Gasteiger partial charge in [-0.05, 0) is 31.6 Å². The number of carbonyl (C=O) groups excluding carboxylic acids is 1. The smallest absolute Gasteiger partial charge is 0.220 e. The number of hydrogen-bond acceptors (Lipinski definition) is 2. The van der Waals surface area contributed by atoms with E-state index < -0.39 is 0 Å². The van der Waals surface area contributed by atoms with Crippen LogP contribution in [0, 0.1) is 11.8 Å². The highest BCUT2D eigenvalue weighted by Gasteiger charge is 2.40. The van der Waals surface area contributed by atoms with Crippen molar-refractivity contribution >= 4 is 5.91 Å². The maximum atomic E-state index is 10.9. The zero-order valence-electron chi connectivity index (χ0n) is 7.71. The third-order valence-electron chi connectivity index (χ3n) is 2.68. The van der Waals surface area contributed by atoms with Crippen LogP contribution in [0.4, 0.5) is 0 Å². The van der Waals surface area contributed by atoms with E-state index in [-0.39, 0.29) is 5.91 Å². The number of amides is 1. The molecule has 0 radical (unpaired) electrons. The Morgan fingerprint density at radius 1 is 1.42 bits per heavy atom. The first kappa shape index (κ1) is 9.52. The molecule has 1 saturated heterocycles. The number of hydrogen-bond donors (Lipinski definition) is 2. The number of aliphatic hydroxyl groups is 1. The fraction of sp³-hybridized carbons (Fsp3) is 0.889. The van der Waals surface area contributed by atoms with Gasteiger partial charge in [0.15, 0.2) is 0 Å². The maximum absolute atomic E-state index is 10.9. The molecule has 1 saturated carbocycles. The molecule has 3 nitrogen and oxygen atoms in total. The van der Waals surface area contributed by atoms with Crippen molar-refractivity contribution in [3.63, 3.8) is 0 Å². The van der Waals surface area contributed by atoms with Crippen LogP contribution in [-0.2, 0) is 4.79 Å². The lowest BCUT2D eigenvalue weighted by atomic mass is 9.97. The summed E-state index contributed by atoms with van der Waals surface area (Å²) in [5.41, 5.74) is 0. The van der Waals surface area contributed by atoms with Crippen molar-refractivity contribution < 1.29 is 9.90 Å². The van der Waals surface area contributed by atoms with E-state index in [2.05, 4.69) is 12.2 Å². The highest BCUT2D eigenvalue weighted by atomic mass is 16.2. The highest BCUT2D eigenvalue weighted by Crippen LogP contribution is 2.41. The molecule has 2 N–H and O–H groups in total. The molecule has 1 aliphatic carbocycles. The third kappa shape index (κ3) is 1.97. The van der Waals surface area contributed by atoms with Crippen LogP contribution in [0.1, 0.15) is 26.2 Å². The van der Waals surface area contributed by atoms with Crippen molar-refractivity contribution in [1.29, 1.82) is 0 Å². The van der Waals surface area contributed by atoms with E-state index in [4.69, 9.17) is 5.11 Å². The van der Waals surface area contributed by atoms with Gasteiger partial charge in [0.2, 0.25) is 5.91 Å². The van der Waals surface area contributed by atoms with Gasteiger partial charge in [0.05, 0.1) is 0 Å². The van der Waals surface area contributed by atoms with Gasteiger partial charge in [-0.25, -0.2) is 0 Å². The van der Waals surface area contributed by atoms with Gasteiger partial charge in [-0.15, -0.1) is 0 Å². The van der Waals surface area contributed by atoms with Crippen LogP contribution in [0.3, 0.4) is 0 Å². The maximum Gasteiger partial charge on any atom is 0.220 e. The molecule has 0 aromatic rings. The van der Waals surface area contributed by atoms with E-state index >= 15 is 0 Å². The average Bonchev–Trinajstić information content (AvgIpc) is 2.83. The molecule has 1 amide bonds. The number of carbonyl (C=O) groups is 1. The second-order valence-electron chi connectivity index (χ2n) is 3.56. The second-order valence-corrected chi connectivity index (χ2v) is 3.56. The van der Waals surface area contributed by atoms with E-state index in [1.165, 1.54) is 12.8 Å². The van der Waals surface area contributed by atoms with E-state index in [9.17, 15) is 4.79 Å². The van der Waals surface area contributed by atoms with Crippen molar-refractivity contribution in [2.45, 2.75) is 32.2 Å². The van der Waals surface area contributed by atoms with Gasteiger partial charge in [0.25, 0.3) is 0 Å². The van der Waals surface area contributed by atoms with Crippen molar-refractivity contribution in [2.75, 3.05) is 7.11 Å². The van der Waals surface area contributed by atoms with Crippen LogP contribution in [-0.4, -0.2) is 24.2 Å². The van der Waals surface area contributed by atoms with Gasteiger partial charge in [-0.1, -0.05) is 0 Å². The largest absolute Gasteiger partial charge is 0.400 e. The Bertz CT molecular complexity index is 166. The Hall–Kier alpha value is -0.570. The van der Waals surface area contributed by atoms with Crippen LogP contribution in [0.5, 0.6) is 0 Å². The van der Waals surface area contributed by atoms with Crippen molar-refractivity contribution in [3.05, 3.63) is 0 Å². The Kier molecular flexibility index (Phi) is 3.09. The average molecular weight is 171 g/mol. The minimum atomic E-state index is 0.254. The predicted octanol–water partition coefficient (Wildman–Crippen LogP) is 0.529. The first-order valence-corrected chi connectivity index (χ1v) is 4.51. The van der Waals surface area contributed by atoms with E-state index in [1.807, 2.05) is 0 Å². The SMILES string of the molecule is CO.C[C@@H]1NC(=O)C[C@H]1C1CC1. The molecule has 2 fully saturated rings. The molecule has 2 rings (SSSR count). The molecule has 3 heteroatoms. The van der Waals surface area contributed by atoms with Crippen LogP contribution < -0.4 is 5.32 Å². The summed E-state index contributed by atoms with van der Waals surface area (Å²) in [6.45, 7) is 2.12. The van der Waals surface area contributed by atoms with Crippen LogP contribution >= 0.6 is 0 Å². The number of aliphatic hydroxyl groups excluding tert-OH is 1. The molecule has 0 unspecified atom stereocenters. The zero-order valence-corrected chi connectivity index (χ0v) is 7.71. The summed E-state index contributed by atoms with van der Waals surface area (Å²) in [6, 6.07) is 0.444. The van der Waals surface area contributed by atoms with E-state index in [0.717, 1.165) is 19.4 Å². The summed E-state index contributed by atoms with van der Waals surface area (Å²) in [5, 5.41) is 9.95. The summed E-state index contributed by atoms with van der Waals surface area (Å²) in [6.07, 6.45) is 3.49. The molecule has 0 aromatic carbocycles. The van der Waals surface area contributed by atoms with Crippen molar-refractivity contribution in [2.24, 2.45) is 11.8 Å². The molecule has 2 atom stereocenters. The van der Waals surface area contributed by atoms with Gasteiger partial charge < -0.3 is 10.4 Å². The lowest BCUT2D eigenvalue weighted by Crippen LogP contribution is -2.25. The zero-order chi connectivity index (χ0) is 9.14. The first-order valence-electron chi connectivity index (χ1n) is 4.51. The molecular formula is C9H17NO2. The standard InChI is InChI=1S/C8H13NO.CH4O/c1-5-7(6-2-3-6)4-8(10)9-5;1-2/h5-7H,2-4H2,1H3,(H,9,10);2H,1H3/t5-,7+;/m0./s1. The van der Waals surface area contributed by atoms with Gasteiger partial charge >= 0.3 is 0 Å². The quantitative estimate of drug-likeness (QED) is 0.604. The lowest BCUT2D eigenvalue weighted by molar-refractivity contribution is -0.119. The summed E-state index contributed by atoms with van der Waals surface area (Å²) in [7, 11) is 1.00. The van der Waals surface area contributed by atoms with Gasteiger partial charge in [-0.3, -0.25) is 4.79 Å². The molecule has 0 spiro atoms. The second kappa shape index (κ2) is 3.90. The third-order valence-corrected chi connectivity index (χ3v) is 2.68. The normalized spacial score (nSPS) is 33.8. The minimum absolute atomic E-state index is 0.254.